The number of rotatable bonds is 20. The van der Waals surface area contributed by atoms with Crippen molar-refractivity contribution in [2.24, 2.45) is 0 Å². The molecule has 0 bridgehead atoms. The monoisotopic (exact) mass is 679 g/mol. The molecular weight excluding hydrogens is 622 g/mol. The van der Waals surface area contributed by atoms with Gasteiger partial charge in [-0.3, -0.25) is 14.4 Å². The normalized spacial score (nSPS) is 19.3. The molecule has 0 unspecified atom stereocenters. The molecule has 2 fully saturated rings. The SMILES string of the molecule is CCOC(=O)CCCCCCCN1CCC(NC(=O)CCCCCN2CC[C@@H](NC(=O)c3cc(Cl)c(N)cc3OC)[C@@H](OC)C2)CC1. The third-order valence-electron chi connectivity index (χ3n) is 9.32. The number of halogens is 1. The van der Waals surface area contributed by atoms with Crippen molar-refractivity contribution in [1.29, 1.82) is 0 Å². The lowest BCUT2D eigenvalue weighted by Crippen LogP contribution is -2.54. The molecule has 4 N–H and O–H groups in total. The number of anilines is 1. The standard InChI is InChI=1S/C35H58ClN5O6/c1-4-47-34(43)14-10-6-5-7-11-18-40-20-15-26(16-21-40)38-33(42)13-9-8-12-19-41-22-17-30(32(25-41)46-3)39-35(44)27-23-28(36)29(37)24-31(27)45-2/h23-24,26,30,32H,4-22,25,37H2,1-3H3,(H,38,42)(H,39,44)/t30-,32+/m1/s1. The summed E-state index contributed by atoms with van der Waals surface area (Å²) in [6.45, 7) is 8.04. The summed E-state index contributed by atoms with van der Waals surface area (Å²) in [6, 6.07) is 3.26. The van der Waals surface area contributed by atoms with Crippen molar-refractivity contribution in [1.82, 2.24) is 20.4 Å². The van der Waals surface area contributed by atoms with Crippen molar-refractivity contribution in [2.75, 3.05) is 65.8 Å². The molecule has 0 saturated carbocycles. The number of piperidine rings is 2. The highest BCUT2D eigenvalue weighted by Gasteiger charge is 2.31. The fraction of sp³-hybridized carbons (Fsp3) is 0.743. The van der Waals surface area contributed by atoms with Gasteiger partial charge in [0.25, 0.3) is 5.91 Å². The third-order valence-corrected chi connectivity index (χ3v) is 9.64. The maximum Gasteiger partial charge on any atom is 0.305 e. The summed E-state index contributed by atoms with van der Waals surface area (Å²) in [5, 5.41) is 6.67. The largest absolute Gasteiger partial charge is 0.496 e. The maximum absolute atomic E-state index is 13.0. The maximum atomic E-state index is 13.0. The van der Waals surface area contributed by atoms with Crippen LogP contribution in [0, 0.1) is 0 Å². The van der Waals surface area contributed by atoms with Gasteiger partial charge in [0.1, 0.15) is 5.75 Å². The summed E-state index contributed by atoms with van der Waals surface area (Å²) in [4.78, 5) is 41.9. The van der Waals surface area contributed by atoms with E-state index < -0.39 is 0 Å². The number of hydrogen-bond donors (Lipinski definition) is 3. The number of likely N-dealkylation sites (tertiary alicyclic amines) is 2. The van der Waals surface area contributed by atoms with Gasteiger partial charge in [-0.2, -0.15) is 0 Å². The Labute approximate surface area is 286 Å². The Hall–Kier alpha value is -2.60. The van der Waals surface area contributed by atoms with Gasteiger partial charge in [-0.15, -0.1) is 0 Å². The van der Waals surface area contributed by atoms with Crippen molar-refractivity contribution in [3.8, 4) is 5.75 Å². The second kappa shape index (κ2) is 21.4. The van der Waals surface area contributed by atoms with Crippen molar-refractivity contribution >= 4 is 35.1 Å². The Morgan fingerprint density at radius 3 is 2.21 bits per heavy atom. The van der Waals surface area contributed by atoms with E-state index in [-0.39, 0.29) is 36.0 Å². The van der Waals surface area contributed by atoms with Crippen LogP contribution in [0.25, 0.3) is 0 Å². The lowest BCUT2D eigenvalue weighted by atomic mass is 10.00. The molecule has 266 valence electrons. The minimum absolute atomic E-state index is 0.0817. The van der Waals surface area contributed by atoms with E-state index in [9.17, 15) is 14.4 Å². The highest BCUT2D eigenvalue weighted by molar-refractivity contribution is 6.33. The molecule has 2 heterocycles. The van der Waals surface area contributed by atoms with Crippen molar-refractivity contribution < 1.29 is 28.6 Å². The minimum atomic E-state index is -0.264. The number of amides is 2. The van der Waals surface area contributed by atoms with Crippen molar-refractivity contribution in [3.05, 3.63) is 22.7 Å². The molecule has 0 aromatic heterocycles. The highest BCUT2D eigenvalue weighted by atomic mass is 35.5. The zero-order valence-electron chi connectivity index (χ0n) is 28.8. The van der Waals surface area contributed by atoms with E-state index in [0.717, 1.165) is 97.1 Å². The van der Waals surface area contributed by atoms with Crippen LogP contribution in [0.15, 0.2) is 12.1 Å². The first-order valence-electron chi connectivity index (χ1n) is 17.6. The molecule has 3 rings (SSSR count). The first kappa shape index (κ1) is 38.8. The predicted octanol–water partition coefficient (Wildman–Crippen LogP) is 4.79. The van der Waals surface area contributed by atoms with E-state index in [1.54, 1.807) is 13.2 Å². The first-order chi connectivity index (χ1) is 22.7. The van der Waals surface area contributed by atoms with Gasteiger partial charge in [-0.1, -0.05) is 37.3 Å². The summed E-state index contributed by atoms with van der Waals surface area (Å²) in [6.07, 6.45) is 12.2. The quantitative estimate of drug-likeness (QED) is 0.101. The Kier molecular flexibility index (Phi) is 17.7. The first-order valence-corrected chi connectivity index (χ1v) is 18.0. The molecule has 1 aromatic rings. The molecular formula is C35H58ClN5O6. The van der Waals surface area contributed by atoms with Crippen LogP contribution in [0.3, 0.4) is 0 Å². The molecule has 0 aliphatic carbocycles. The Balaban J connectivity index is 1.22. The Morgan fingerprint density at radius 2 is 1.51 bits per heavy atom. The number of nitrogens with zero attached hydrogens (tertiary/aromatic N) is 2. The fourth-order valence-corrected chi connectivity index (χ4v) is 6.68. The summed E-state index contributed by atoms with van der Waals surface area (Å²) < 4.78 is 16.1. The molecule has 12 heteroatoms. The average Bonchev–Trinajstić information content (AvgIpc) is 3.06. The van der Waals surface area contributed by atoms with Crippen molar-refractivity contribution in [3.63, 3.8) is 0 Å². The van der Waals surface area contributed by atoms with E-state index in [0.29, 0.717) is 41.5 Å². The predicted molar refractivity (Wildman–Crippen MR) is 186 cm³/mol. The number of unbranched alkanes of at least 4 members (excludes halogenated alkanes) is 6. The Morgan fingerprint density at radius 1 is 0.872 bits per heavy atom. The van der Waals surface area contributed by atoms with Gasteiger partial charge in [0, 0.05) is 58.2 Å². The van der Waals surface area contributed by atoms with Gasteiger partial charge >= 0.3 is 5.97 Å². The summed E-state index contributed by atoms with van der Waals surface area (Å²) >= 11 is 6.16. The number of benzene rings is 1. The number of esters is 1. The number of carbonyl (C=O) groups excluding carboxylic acids is 3. The van der Waals surface area contributed by atoms with E-state index in [1.807, 2.05) is 6.92 Å². The molecule has 2 aliphatic rings. The van der Waals surface area contributed by atoms with Gasteiger partial charge in [0.15, 0.2) is 0 Å². The van der Waals surface area contributed by atoms with Crippen LogP contribution in [-0.4, -0.2) is 106 Å². The summed E-state index contributed by atoms with van der Waals surface area (Å²) in [5.41, 5.74) is 6.57. The minimum Gasteiger partial charge on any atom is -0.496 e. The average molecular weight is 680 g/mol. The Bertz CT molecular complexity index is 1120. The topological polar surface area (TPSA) is 135 Å². The number of hydrogen-bond acceptors (Lipinski definition) is 9. The van der Waals surface area contributed by atoms with Crippen LogP contribution in [0.5, 0.6) is 5.75 Å². The van der Waals surface area contributed by atoms with Gasteiger partial charge in [0.05, 0.1) is 42.1 Å². The number of nitrogen functional groups attached to an aromatic ring is 1. The number of nitrogens with two attached hydrogens (primary N) is 1. The number of ether oxygens (including phenoxy) is 3. The van der Waals surface area contributed by atoms with Gasteiger partial charge in [-0.25, -0.2) is 0 Å². The fourth-order valence-electron chi connectivity index (χ4n) is 6.52. The smallest absolute Gasteiger partial charge is 0.305 e. The van der Waals surface area contributed by atoms with E-state index in [2.05, 4.69) is 20.4 Å². The number of nitrogens with one attached hydrogen (secondary N) is 2. The van der Waals surface area contributed by atoms with Crippen LogP contribution in [0.1, 0.15) is 101 Å². The number of carbonyl (C=O) groups is 3. The van der Waals surface area contributed by atoms with Crippen LogP contribution in [0.2, 0.25) is 5.02 Å². The lowest BCUT2D eigenvalue weighted by molar-refractivity contribution is -0.143. The van der Waals surface area contributed by atoms with Gasteiger partial charge < -0.3 is 40.4 Å². The second-order valence-electron chi connectivity index (χ2n) is 12.8. The van der Waals surface area contributed by atoms with Crippen LogP contribution in [0.4, 0.5) is 5.69 Å². The molecule has 1 aromatic carbocycles. The molecule has 2 atom stereocenters. The molecule has 2 amide bonds. The van der Waals surface area contributed by atoms with Gasteiger partial charge in [-0.05, 0) is 71.0 Å². The molecule has 0 radical (unpaired) electrons. The zero-order valence-corrected chi connectivity index (χ0v) is 29.6. The van der Waals surface area contributed by atoms with Crippen LogP contribution < -0.4 is 21.1 Å². The summed E-state index contributed by atoms with van der Waals surface area (Å²) in [5.74, 6) is 0.206. The second-order valence-corrected chi connectivity index (χ2v) is 13.2. The molecule has 11 nitrogen and oxygen atoms in total. The van der Waals surface area contributed by atoms with E-state index >= 15 is 0 Å². The lowest BCUT2D eigenvalue weighted by Gasteiger charge is -2.38. The zero-order chi connectivity index (χ0) is 34.0. The van der Waals surface area contributed by atoms with Crippen LogP contribution >= 0.6 is 11.6 Å². The van der Waals surface area contributed by atoms with E-state index in [4.69, 9.17) is 31.5 Å². The molecule has 47 heavy (non-hydrogen) atoms. The molecule has 2 aliphatic heterocycles. The highest BCUT2D eigenvalue weighted by Crippen LogP contribution is 2.29. The molecule has 0 spiro atoms. The third kappa shape index (κ3) is 13.8. The van der Waals surface area contributed by atoms with Crippen LogP contribution in [-0.2, 0) is 19.1 Å². The number of methoxy groups -OCH3 is 2. The molecule has 2 saturated heterocycles. The summed E-state index contributed by atoms with van der Waals surface area (Å²) in [7, 11) is 3.17. The van der Waals surface area contributed by atoms with Crippen molar-refractivity contribution in [2.45, 2.75) is 109 Å². The van der Waals surface area contributed by atoms with Gasteiger partial charge in [0.2, 0.25) is 5.91 Å². The van der Waals surface area contributed by atoms with E-state index in [1.165, 1.54) is 26.0 Å².